The van der Waals surface area contributed by atoms with Crippen LogP contribution in [0.2, 0.25) is 0 Å². The third-order valence-electron chi connectivity index (χ3n) is 6.71. The molecule has 0 unspecified atom stereocenters. The number of pyridine rings is 2. The molecule has 4 aromatic heterocycles. The fraction of sp³-hybridized carbons (Fsp3) is 0.308. The van der Waals surface area contributed by atoms with Gasteiger partial charge in [-0.05, 0) is 56.5 Å². The van der Waals surface area contributed by atoms with Crippen molar-refractivity contribution in [1.82, 2.24) is 29.7 Å². The lowest BCUT2D eigenvalue weighted by molar-refractivity contribution is 0.578. The molecule has 1 aromatic carbocycles. The van der Waals surface area contributed by atoms with Crippen LogP contribution in [0.3, 0.4) is 0 Å². The molecule has 0 saturated carbocycles. The quantitative estimate of drug-likeness (QED) is 0.327. The Morgan fingerprint density at radius 1 is 1.06 bits per heavy atom. The predicted molar refractivity (Wildman–Crippen MR) is 149 cm³/mol. The van der Waals surface area contributed by atoms with E-state index in [0.29, 0.717) is 28.1 Å². The number of nitrogens with one attached hydrogen (secondary N) is 3. The Kier molecular flexibility index (Phi) is 6.44. The van der Waals surface area contributed by atoms with Crippen LogP contribution in [0, 0.1) is 0 Å². The summed E-state index contributed by atoms with van der Waals surface area (Å²) in [6.45, 7) is 4.16. The highest BCUT2D eigenvalue weighted by Gasteiger charge is 2.22. The number of piperidine rings is 1. The van der Waals surface area contributed by atoms with Gasteiger partial charge >= 0.3 is 0 Å². The number of nitrogens with zero attached hydrogens (tertiary/aromatic N) is 5. The van der Waals surface area contributed by atoms with Crippen LogP contribution in [0.5, 0.6) is 0 Å². The summed E-state index contributed by atoms with van der Waals surface area (Å²) in [6.07, 6.45) is 7.30. The summed E-state index contributed by atoms with van der Waals surface area (Å²) in [5, 5.41) is 8.13. The molecule has 1 aliphatic heterocycles. The van der Waals surface area contributed by atoms with Crippen molar-refractivity contribution >= 4 is 46.9 Å². The highest BCUT2D eigenvalue weighted by Crippen LogP contribution is 2.33. The number of imidazole rings is 1. The fourth-order valence-electron chi connectivity index (χ4n) is 4.94. The van der Waals surface area contributed by atoms with E-state index in [-0.39, 0.29) is 25.1 Å². The molecule has 186 valence electrons. The Morgan fingerprint density at radius 2 is 1.89 bits per heavy atom. The van der Waals surface area contributed by atoms with Crippen molar-refractivity contribution in [2.24, 2.45) is 7.05 Å². The first-order valence-corrected chi connectivity index (χ1v) is 12.1. The Balaban J connectivity index is 0.00000267. The van der Waals surface area contributed by atoms with Gasteiger partial charge in [-0.25, -0.2) is 4.98 Å². The van der Waals surface area contributed by atoms with Crippen molar-refractivity contribution in [2.75, 3.05) is 23.3 Å². The lowest BCUT2D eigenvalue weighted by Crippen LogP contribution is -2.29. The van der Waals surface area contributed by atoms with Crippen molar-refractivity contribution in [3.05, 3.63) is 64.8 Å². The molecule has 9 nitrogen and oxygen atoms in total. The van der Waals surface area contributed by atoms with Gasteiger partial charge in [-0.15, -0.1) is 0 Å². The first-order chi connectivity index (χ1) is 17.1. The molecule has 0 spiro atoms. The topological polar surface area (TPSA) is 108 Å². The summed E-state index contributed by atoms with van der Waals surface area (Å²) in [5.74, 6) is 0.514. The van der Waals surface area contributed by atoms with Gasteiger partial charge in [-0.3, -0.25) is 14.5 Å². The van der Waals surface area contributed by atoms with Crippen LogP contribution in [0.4, 0.5) is 11.4 Å². The number of benzene rings is 1. The largest absolute Gasteiger partial charge is 0.374 e. The zero-order valence-corrected chi connectivity index (χ0v) is 21.4. The summed E-state index contributed by atoms with van der Waals surface area (Å²) in [5.41, 5.74) is 5.99. The summed E-state index contributed by atoms with van der Waals surface area (Å²) in [7, 11) is 1.84. The number of aromatic amines is 2. The maximum Gasteiger partial charge on any atom is 0.261 e. The van der Waals surface area contributed by atoms with E-state index >= 15 is 0 Å². The lowest BCUT2D eigenvalue weighted by Gasteiger charge is -2.28. The Bertz CT molecular complexity index is 1570. The molecule has 1 saturated heterocycles. The third kappa shape index (κ3) is 4.32. The third-order valence-corrected chi connectivity index (χ3v) is 6.71. The second-order valence-corrected chi connectivity index (χ2v) is 9.22. The zero-order chi connectivity index (χ0) is 23.9. The number of rotatable bonds is 5. The molecule has 5 aromatic rings. The second-order valence-electron chi connectivity index (χ2n) is 9.22. The molecule has 3 N–H and O–H groups in total. The molecule has 36 heavy (non-hydrogen) atoms. The Hall–Kier alpha value is -3.79. The summed E-state index contributed by atoms with van der Waals surface area (Å²) >= 11 is 0. The Morgan fingerprint density at radius 3 is 2.67 bits per heavy atom. The minimum atomic E-state index is -0.225. The molecule has 5 heterocycles. The van der Waals surface area contributed by atoms with Crippen molar-refractivity contribution in [1.29, 1.82) is 0 Å². The summed E-state index contributed by atoms with van der Waals surface area (Å²) < 4.78 is 1.70. The van der Waals surface area contributed by atoms with Crippen LogP contribution in [-0.4, -0.2) is 42.8 Å². The van der Waals surface area contributed by atoms with E-state index in [9.17, 15) is 4.79 Å². The van der Waals surface area contributed by atoms with Gasteiger partial charge in [0.15, 0.2) is 0 Å². The molecule has 1 fully saturated rings. The monoisotopic (exact) mass is 502 g/mol. The number of fused-ring (bicyclic) bond motifs is 2. The van der Waals surface area contributed by atoms with Crippen molar-refractivity contribution in [3.8, 4) is 11.4 Å². The molecule has 6 rings (SSSR count). The molecule has 0 radical (unpaired) electrons. The van der Waals surface area contributed by atoms with E-state index in [1.807, 2.05) is 38.2 Å². The van der Waals surface area contributed by atoms with Crippen LogP contribution < -0.4 is 15.8 Å². The van der Waals surface area contributed by atoms with E-state index in [1.54, 1.807) is 17.1 Å². The standard InChI is InChI=1S/C26H28N8O.H2S/c1-16(18-8-4-5-11-27-18)28-24-22(26(35)31-21-15-33(2)32-23(21)24)25-29-19-10-9-17(14-20(19)30-25)34-12-6-3-7-13-34;/h4-5,8-11,14-16,28H,3,6-7,12-13H2,1-2H3,(H,29,30)(H,31,35);1H2/t16-;/m0./s1. The molecule has 0 bridgehead atoms. The number of aromatic nitrogens is 6. The first kappa shape index (κ1) is 23.9. The minimum Gasteiger partial charge on any atom is -0.374 e. The fourth-order valence-corrected chi connectivity index (χ4v) is 4.94. The van der Waals surface area contributed by atoms with Gasteiger partial charge in [0.25, 0.3) is 5.56 Å². The molecule has 1 atom stereocenters. The number of hydrogen-bond donors (Lipinski definition) is 3. The van der Waals surface area contributed by atoms with Gasteiger partial charge in [-0.2, -0.15) is 18.6 Å². The number of aryl methyl sites for hydroxylation is 1. The highest BCUT2D eigenvalue weighted by atomic mass is 32.1. The van der Waals surface area contributed by atoms with Gasteiger partial charge < -0.3 is 20.2 Å². The van der Waals surface area contributed by atoms with Crippen LogP contribution in [0.25, 0.3) is 33.5 Å². The number of H-pyrrole nitrogens is 2. The molecule has 10 heteroatoms. The minimum absolute atomic E-state index is 0. The van der Waals surface area contributed by atoms with Crippen molar-refractivity contribution in [2.45, 2.75) is 32.2 Å². The van der Waals surface area contributed by atoms with Crippen LogP contribution in [-0.2, 0) is 7.05 Å². The molecular formula is C26H30N8OS. The molecule has 0 amide bonds. The van der Waals surface area contributed by atoms with E-state index < -0.39 is 0 Å². The molecular weight excluding hydrogens is 472 g/mol. The van der Waals surface area contributed by atoms with Gasteiger partial charge in [0.2, 0.25) is 0 Å². The molecule has 0 aliphatic carbocycles. The number of hydrogen-bond acceptors (Lipinski definition) is 6. The van der Waals surface area contributed by atoms with E-state index in [4.69, 9.17) is 4.98 Å². The smallest absolute Gasteiger partial charge is 0.261 e. The second kappa shape index (κ2) is 9.69. The van der Waals surface area contributed by atoms with Crippen molar-refractivity contribution in [3.63, 3.8) is 0 Å². The van der Waals surface area contributed by atoms with Crippen molar-refractivity contribution < 1.29 is 0 Å². The van der Waals surface area contributed by atoms with Crippen LogP contribution in [0.15, 0.2) is 53.6 Å². The van der Waals surface area contributed by atoms with Gasteiger partial charge in [-0.1, -0.05) is 6.07 Å². The highest BCUT2D eigenvalue weighted by molar-refractivity contribution is 7.59. The normalized spacial score (nSPS) is 14.7. The van der Waals surface area contributed by atoms with Crippen LogP contribution in [0.1, 0.15) is 37.9 Å². The Labute approximate surface area is 215 Å². The zero-order valence-electron chi connectivity index (χ0n) is 20.4. The van der Waals surface area contributed by atoms with Gasteiger partial charge in [0.1, 0.15) is 16.9 Å². The first-order valence-electron chi connectivity index (χ1n) is 12.1. The van der Waals surface area contributed by atoms with Crippen LogP contribution >= 0.6 is 13.5 Å². The number of anilines is 2. The SMILES string of the molecule is C[C@H](Nc1c(-c2nc3ccc(N4CCCCC4)cc3[nH]2)c(=O)[nH]c2cn(C)nc12)c1ccccn1.S. The van der Waals surface area contributed by atoms with Gasteiger partial charge in [0.05, 0.1) is 34.0 Å². The maximum absolute atomic E-state index is 13.4. The van der Waals surface area contributed by atoms with E-state index in [2.05, 4.69) is 42.4 Å². The molecule has 1 aliphatic rings. The van der Waals surface area contributed by atoms with E-state index in [1.165, 1.54) is 24.9 Å². The predicted octanol–water partition coefficient (Wildman–Crippen LogP) is 4.48. The summed E-state index contributed by atoms with van der Waals surface area (Å²) in [6, 6.07) is 11.9. The average Bonchev–Trinajstić information content (AvgIpc) is 3.47. The lowest BCUT2D eigenvalue weighted by atomic mass is 10.1. The summed E-state index contributed by atoms with van der Waals surface area (Å²) in [4.78, 5) is 31.4. The van der Waals surface area contributed by atoms with Gasteiger partial charge in [0, 0.05) is 38.2 Å². The van der Waals surface area contributed by atoms with E-state index in [0.717, 1.165) is 29.8 Å². The maximum atomic E-state index is 13.4. The average molecular weight is 503 g/mol.